The first-order chi connectivity index (χ1) is 15.5. The Hall–Kier alpha value is -1.69. The second-order valence-electron chi connectivity index (χ2n) is 9.98. The van der Waals surface area contributed by atoms with Crippen LogP contribution in [0.25, 0.3) is 0 Å². The summed E-state index contributed by atoms with van der Waals surface area (Å²) < 4.78 is 24.8. The van der Waals surface area contributed by atoms with Crippen molar-refractivity contribution < 1.29 is 18.7 Å². The molecule has 0 saturated heterocycles. The molecule has 0 radical (unpaired) electrons. The molecule has 0 atom stereocenters. The third kappa shape index (κ3) is 6.21. The Morgan fingerprint density at radius 3 is 2.22 bits per heavy atom. The number of halogens is 1. The third-order valence-electron chi connectivity index (χ3n) is 7.34. The van der Waals surface area contributed by atoms with Crippen LogP contribution in [0.15, 0.2) is 40.8 Å². The first-order valence-corrected chi connectivity index (χ1v) is 12.3. The molecule has 0 spiro atoms. The van der Waals surface area contributed by atoms with Crippen LogP contribution >= 0.6 is 0 Å². The SMILES string of the molecule is COCCCN(Cc1ccc(F)cc1)Cc1ccc(C(O)(CC2CCC2)CC2CCC2)o1. The van der Waals surface area contributed by atoms with Crippen molar-refractivity contribution in [2.75, 3.05) is 20.3 Å². The number of methoxy groups -OCH3 is 1. The number of rotatable bonds is 13. The molecule has 1 aromatic carbocycles. The molecule has 0 amide bonds. The number of ether oxygens (including phenoxy) is 1. The van der Waals surface area contributed by atoms with Gasteiger partial charge >= 0.3 is 0 Å². The third-order valence-corrected chi connectivity index (χ3v) is 7.34. The zero-order chi connectivity index (χ0) is 22.4. The maximum absolute atomic E-state index is 13.3. The monoisotopic (exact) mass is 443 g/mol. The lowest BCUT2D eigenvalue weighted by molar-refractivity contribution is -0.0494. The Balaban J connectivity index is 1.44. The van der Waals surface area contributed by atoms with Gasteiger partial charge in [0.2, 0.25) is 0 Å². The van der Waals surface area contributed by atoms with Gasteiger partial charge in [0.15, 0.2) is 0 Å². The highest BCUT2D eigenvalue weighted by Gasteiger charge is 2.40. The minimum Gasteiger partial charge on any atom is -0.462 e. The van der Waals surface area contributed by atoms with Gasteiger partial charge in [-0.25, -0.2) is 4.39 Å². The standard InChI is InChI=1S/C27H38FNO3/c1-31-16-4-15-29(19-23-9-11-24(28)12-10-23)20-25-13-14-26(32-25)27(30,17-21-5-2-6-21)18-22-7-3-8-22/h9-14,21-22,30H,2-8,15-20H2,1H3. The molecule has 1 heterocycles. The first-order valence-electron chi connectivity index (χ1n) is 12.3. The van der Waals surface area contributed by atoms with Gasteiger partial charge in [-0.1, -0.05) is 50.7 Å². The van der Waals surface area contributed by atoms with Crippen molar-refractivity contribution >= 4 is 0 Å². The average Bonchev–Trinajstić information content (AvgIpc) is 3.19. The van der Waals surface area contributed by atoms with Gasteiger partial charge in [-0.3, -0.25) is 4.90 Å². The van der Waals surface area contributed by atoms with Crippen molar-refractivity contribution in [3.8, 4) is 0 Å². The molecule has 1 N–H and O–H groups in total. The molecule has 0 bridgehead atoms. The average molecular weight is 444 g/mol. The Morgan fingerprint density at radius 2 is 1.66 bits per heavy atom. The predicted octanol–water partition coefficient (Wildman–Crippen LogP) is 6.03. The van der Waals surface area contributed by atoms with E-state index in [9.17, 15) is 9.50 Å². The zero-order valence-corrected chi connectivity index (χ0v) is 19.4. The quantitative estimate of drug-likeness (QED) is 0.384. The summed E-state index contributed by atoms with van der Waals surface area (Å²) in [6, 6.07) is 10.7. The Morgan fingerprint density at radius 1 is 1.00 bits per heavy atom. The molecule has 2 aromatic rings. The normalized spacial score (nSPS) is 17.5. The lowest BCUT2D eigenvalue weighted by Crippen LogP contribution is -2.34. The number of furan rings is 1. The largest absolute Gasteiger partial charge is 0.462 e. The number of benzene rings is 1. The fourth-order valence-corrected chi connectivity index (χ4v) is 5.06. The summed E-state index contributed by atoms with van der Waals surface area (Å²) in [6.45, 7) is 2.93. The molecule has 176 valence electrons. The second-order valence-corrected chi connectivity index (χ2v) is 9.98. The van der Waals surface area contributed by atoms with E-state index >= 15 is 0 Å². The molecule has 2 aliphatic rings. The van der Waals surface area contributed by atoms with E-state index in [0.29, 0.717) is 31.5 Å². The lowest BCUT2D eigenvalue weighted by atomic mass is 9.70. The van der Waals surface area contributed by atoms with Crippen molar-refractivity contribution in [1.82, 2.24) is 4.90 Å². The molecule has 4 nitrogen and oxygen atoms in total. The number of hydrogen-bond donors (Lipinski definition) is 1. The van der Waals surface area contributed by atoms with E-state index in [0.717, 1.165) is 42.9 Å². The Kier molecular flexibility index (Phi) is 8.03. The molecule has 0 aliphatic heterocycles. The summed E-state index contributed by atoms with van der Waals surface area (Å²) in [5.74, 6) is 2.65. The summed E-state index contributed by atoms with van der Waals surface area (Å²) in [4.78, 5) is 2.30. The second kappa shape index (κ2) is 11.0. The van der Waals surface area contributed by atoms with Crippen LogP contribution in [0.2, 0.25) is 0 Å². The Labute approximate surface area is 191 Å². The van der Waals surface area contributed by atoms with Crippen LogP contribution in [0.5, 0.6) is 0 Å². The maximum Gasteiger partial charge on any atom is 0.135 e. The zero-order valence-electron chi connectivity index (χ0n) is 19.4. The van der Waals surface area contributed by atoms with Crippen LogP contribution in [0.3, 0.4) is 0 Å². The minimum atomic E-state index is -0.841. The van der Waals surface area contributed by atoms with Gasteiger partial charge in [0, 0.05) is 26.8 Å². The summed E-state index contributed by atoms with van der Waals surface area (Å²) in [6.07, 6.45) is 10.0. The highest BCUT2D eigenvalue weighted by atomic mass is 19.1. The smallest absolute Gasteiger partial charge is 0.135 e. The summed E-state index contributed by atoms with van der Waals surface area (Å²) >= 11 is 0. The highest BCUT2D eigenvalue weighted by molar-refractivity contribution is 5.17. The van der Waals surface area contributed by atoms with Gasteiger partial charge < -0.3 is 14.3 Å². The minimum absolute atomic E-state index is 0.215. The molecule has 4 rings (SSSR count). The van der Waals surface area contributed by atoms with Crippen molar-refractivity contribution in [3.63, 3.8) is 0 Å². The van der Waals surface area contributed by atoms with Gasteiger partial charge in [-0.15, -0.1) is 0 Å². The molecule has 1 aromatic heterocycles. The van der Waals surface area contributed by atoms with Gasteiger partial charge in [-0.2, -0.15) is 0 Å². The first kappa shape index (κ1) is 23.5. The summed E-state index contributed by atoms with van der Waals surface area (Å²) in [5.41, 5.74) is 0.230. The molecular formula is C27H38FNO3. The van der Waals surface area contributed by atoms with Crippen LogP contribution in [0, 0.1) is 17.7 Å². The van der Waals surface area contributed by atoms with Gasteiger partial charge in [0.05, 0.1) is 6.54 Å². The molecule has 32 heavy (non-hydrogen) atoms. The molecule has 2 aliphatic carbocycles. The van der Waals surface area contributed by atoms with Crippen molar-refractivity contribution in [2.24, 2.45) is 11.8 Å². The lowest BCUT2D eigenvalue weighted by Gasteiger charge is -2.39. The number of nitrogens with zero attached hydrogens (tertiary/aromatic N) is 1. The number of hydrogen-bond acceptors (Lipinski definition) is 4. The summed E-state index contributed by atoms with van der Waals surface area (Å²) in [5, 5.41) is 11.7. The van der Waals surface area contributed by atoms with Gasteiger partial charge in [0.25, 0.3) is 0 Å². The van der Waals surface area contributed by atoms with Crippen molar-refractivity contribution in [1.29, 1.82) is 0 Å². The van der Waals surface area contributed by atoms with Crippen LogP contribution < -0.4 is 0 Å². The maximum atomic E-state index is 13.3. The summed E-state index contributed by atoms with van der Waals surface area (Å²) in [7, 11) is 1.72. The molecule has 2 saturated carbocycles. The fraction of sp³-hybridized carbons (Fsp3) is 0.630. The van der Waals surface area contributed by atoms with Gasteiger partial charge in [0.1, 0.15) is 22.9 Å². The van der Waals surface area contributed by atoms with Crippen LogP contribution in [0.1, 0.15) is 74.9 Å². The van der Waals surface area contributed by atoms with Gasteiger partial charge in [-0.05, 0) is 60.9 Å². The van der Waals surface area contributed by atoms with Crippen molar-refractivity contribution in [2.45, 2.75) is 76.5 Å². The topological polar surface area (TPSA) is 45.8 Å². The van der Waals surface area contributed by atoms with E-state index in [1.165, 1.54) is 50.7 Å². The van der Waals surface area contributed by atoms with Crippen LogP contribution in [-0.4, -0.2) is 30.3 Å². The molecule has 2 fully saturated rings. The predicted molar refractivity (Wildman–Crippen MR) is 124 cm³/mol. The van der Waals surface area contributed by atoms with E-state index in [1.807, 2.05) is 24.3 Å². The molecule has 5 heteroatoms. The Bertz CT molecular complexity index is 810. The van der Waals surface area contributed by atoms with E-state index in [4.69, 9.17) is 9.15 Å². The van der Waals surface area contributed by atoms with E-state index in [-0.39, 0.29) is 5.82 Å². The molecular weight excluding hydrogens is 405 g/mol. The van der Waals surface area contributed by atoms with Crippen molar-refractivity contribution in [3.05, 3.63) is 59.3 Å². The fourth-order valence-electron chi connectivity index (χ4n) is 5.06. The molecule has 0 unspecified atom stereocenters. The van der Waals surface area contributed by atoms with Crippen LogP contribution in [-0.2, 0) is 23.4 Å². The van der Waals surface area contributed by atoms with E-state index < -0.39 is 5.60 Å². The highest BCUT2D eigenvalue weighted by Crippen LogP contribution is 2.45. The van der Waals surface area contributed by atoms with Crippen LogP contribution in [0.4, 0.5) is 4.39 Å². The van der Waals surface area contributed by atoms with E-state index in [2.05, 4.69) is 4.90 Å². The number of aliphatic hydroxyl groups is 1. The van der Waals surface area contributed by atoms with E-state index in [1.54, 1.807) is 7.11 Å².